The molecule has 90 valence electrons. The molecule has 2 nitrogen and oxygen atoms in total. The topological polar surface area (TPSA) is 18.5 Å². The lowest BCUT2D eigenvalue weighted by atomic mass is 9.98. The van der Waals surface area contributed by atoms with Gasteiger partial charge in [-0.25, -0.2) is 0 Å². The standard InChI is InChI=1S/C14H22O2/c1-11(2)13-6-5-12(3)14(9-13)10-16-8-7-15-4/h5-6,9,11H,7-8,10H2,1-4H3. The fourth-order valence-electron chi connectivity index (χ4n) is 1.53. The van der Waals surface area contributed by atoms with Crippen LogP contribution in [0, 0.1) is 6.92 Å². The molecule has 0 atom stereocenters. The summed E-state index contributed by atoms with van der Waals surface area (Å²) in [4.78, 5) is 0. The van der Waals surface area contributed by atoms with E-state index in [1.54, 1.807) is 7.11 Å². The van der Waals surface area contributed by atoms with E-state index in [2.05, 4.69) is 39.0 Å². The van der Waals surface area contributed by atoms with Crippen LogP contribution in [0.1, 0.15) is 36.5 Å². The van der Waals surface area contributed by atoms with Crippen LogP contribution in [0.25, 0.3) is 0 Å². The Morgan fingerprint density at radius 3 is 2.56 bits per heavy atom. The summed E-state index contributed by atoms with van der Waals surface area (Å²) in [6.07, 6.45) is 0. The van der Waals surface area contributed by atoms with E-state index in [9.17, 15) is 0 Å². The predicted octanol–water partition coefficient (Wildman–Crippen LogP) is 3.28. The second kappa shape index (κ2) is 6.66. The molecule has 0 amide bonds. The van der Waals surface area contributed by atoms with Gasteiger partial charge in [-0.2, -0.15) is 0 Å². The highest BCUT2D eigenvalue weighted by Gasteiger charge is 2.03. The van der Waals surface area contributed by atoms with E-state index in [1.165, 1.54) is 16.7 Å². The summed E-state index contributed by atoms with van der Waals surface area (Å²) in [6, 6.07) is 6.61. The third kappa shape index (κ3) is 3.95. The van der Waals surface area contributed by atoms with Gasteiger partial charge in [-0.1, -0.05) is 32.0 Å². The minimum atomic E-state index is 0.568. The van der Waals surface area contributed by atoms with Gasteiger partial charge in [0.05, 0.1) is 19.8 Å². The van der Waals surface area contributed by atoms with Crippen LogP contribution in [0.5, 0.6) is 0 Å². The first-order valence-electron chi connectivity index (χ1n) is 5.81. The normalized spacial score (nSPS) is 11.1. The van der Waals surface area contributed by atoms with Gasteiger partial charge in [0.2, 0.25) is 0 Å². The van der Waals surface area contributed by atoms with E-state index in [0.29, 0.717) is 25.7 Å². The van der Waals surface area contributed by atoms with Gasteiger partial charge in [0.1, 0.15) is 0 Å². The van der Waals surface area contributed by atoms with Gasteiger partial charge in [0.25, 0.3) is 0 Å². The summed E-state index contributed by atoms with van der Waals surface area (Å²) < 4.78 is 10.5. The molecule has 1 aromatic carbocycles. The molecule has 0 unspecified atom stereocenters. The first-order chi connectivity index (χ1) is 7.65. The van der Waals surface area contributed by atoms with Crippen molar-refractivity contribution >= 4 is 0 Å². The summed E-state index contributed by atoms with van der Waals surface area (Å²) in [7, 11) is 1.69. The highest BCUT2D eigenvalue weighted by molar-refractivity contribution is 5.32. The van der Waals surface area contributed by atoms with Crippen molar-refractivity contribution in [1.29, 1.82) is 0 Å². The zero-order valence-corrected chi connectivity index (χ0v) is 10.7. The maximum Gasteiger partial charge on any atom is 0.0720 e. The van der Waals surface area contributed by atoms with Crippen LogP contribution < -0.4 is 0 Å². The summed E-state index contributed by atoms with van der Waals surface area (Å²) in [5, 5.41) is 0. The fourth-order valence-corrected chi connectivity index (χ4v) is 1.53. The molecule has 0 heterocycles. The number of methoxy groups -OCH3 is 1. The van der Waals surface area contributed by atoms with Crippen LogP contribution in [0.4, 0.5) is 0 Å². The average Bonchev–Trinajstić information content (AvgIpc) is 2.26. The number of ether oxygens (including phenoxy) is 2. The Hall–Kier alpha value is -0.860. The Morgan fingerprint density at radius 2 is 1.94 bits per heavy atom. The maximum absolute atomic E-state index is 5.55. The predicted molar refractivity (Wildman–Crippen MR) is 66.8 cm³/mol. The van der Waals surface area contributed by atoms with Gasteiger partial charge in [-0.15, -0.1) is 0 Å². The number of hydrogen-bond acceptors (Lipinski definition) is 2. The molecule has 0 bridgehead atoms. The van der Waals surface area contributed by atoms with Crippen LogP contribution in [0.2, 0.25) is 0 Å². The Morgan fingerprint density at radius 1 is 1.19 bits per heavy atom. The first kappa shape index (κ1) is 13.2. The minimum Gasteiger partial charge on any atom is -0.382 e. The molecule has 0 spiro atoms. The maximum atomic E-state index is 5.55. The third-order valence-electron chi connectivity index (χ3n) is 2.73. The molecule has 0 aromatic heterocycles. The number of aryl methyl sites for hydroxylation is 1. The van der Waals surface area contributed by atoms with Gasteiger partial charge < -0.3 is 9.47 Å². The van der Waals surface area contributed by atoms with Crippen molar-refractivity contribution in [3.8, 4) is 0 Å². The van der Waals surface area contributed by atoms with Crippen molar-refractivity contribution in [3.05, 3.63) is 34.9 Å². The molecular formula is C14H22O2. The van der Waals surface area contributed by atoms with Crippen molar-refractivity contribution in [3.63, 3.8) is 0 Å². The van der Waals surface area contributed by atoms with E-state index in [0.717, 1.165) is 0 Å². The molecule has 0 fully saturated rings. The highest BCUT2D eigenvalue weighted by atomic mass is 16.5. The molecule has 0 radical (unpaired) electrons. The number of hydrogen-bond donors (Lipinski definition) is 0. The van der Waals surface area contributed by atoms with Gasteiger partial charge >= 0.3 is 0 Å². The van der Waals surface area contributed by atoms with Gasteiger partial charge in [-0.05, 0) is 29.5 Å². The van der Waals surface area contributed by atoms with Crippen LogP contribution in [0.3, 0.4) is 0 Å². The Balaban J connectivity index is 2.60. The molecule has 1 rings (SSSR count). The quantitative estimate of drug-likeness (QED) is 0.688. The van der Waals surface area contributed by atoms with E-state index in [-0.39, 0.29) is 0 Å². The van der Waals surface area contributed by atoms with Crippen molar-refractivity contribution < 1.29 is 9.47 Å². The van der Waals surface area contributed by atoms with Crippen LogP contribution >= 0.6 is 0 Å². The van der Waals surface area contributed by atoms with Crippen LogP contribution in [-0.4, -0.2) is 20.3 Å². The number of benzene rings is 1. The molecule has 0 aliphatic heterocycles. The summed E-state index contributed by atoms with van der Waals surface area (Å²) in [5.74, 6) is 0.568. The Bertz CT molecular complexity index is 319. The van der Waals surface area contributed by atoms with E-state index < -0.39 is 0 Å². The summed E-state index contributed by atoms with van der Waals surface area (Å²) in [6.45, 7) is 8.53. The van der Waals surface area contributed by atoms with Crippen LogP contribution in [0.15, 0.2) is 18.2 Å². The highest BCUT2D eigenvalue weighted by Crippen LogP contribution is 2.19. The average molecular weight is 222 g/mol. The van der Waals surface area contributed by atoms with Crippen molar-refractivity contribution in [2.24, 2.45) is 0 Å². The summed E-state index contributed by atoms with van der Waals surface area (Å²) >= 11 is 0. The van der Waals surface area contributed by atoms with Crippen molar-refractivity contribution in [1.82, 2.24) is 0 Å². The zero-order chi connectivity index (χ0) is 12.0. The van der Waals surface area contributed by atoms with Crippen LogP contribution in [-0.2, 0) is 16.1 Å². The van der Waals surface area contributed by atoms with E-state index in [4.69, 9.17) is 9.47 Å². The molecule has 2 heteroatoms. The lowest BCUT2D eigenvalue weighted by molar-refractivity contribution is 0.0614. The number of rotatable bonds is 6. The molecule has 0 saturated carbocycles. The van der Waals surface area contributed by atoms with E-state index >= 15 is 0 Å². The Kier molecular flexibility index (Phi) is 5.50. The van der Waals surface area contributed by atoms with Gasteiger partial charge in [0, 0.05) is 7.11 Å². The monoisotopic (exact) mass is 222 g/mol. The molecule has 16 heavy (non-hydrogen) atoms. The smallest absolute Gasteiger partial charge is 0.0720 e. The lowest BCUT2D eigenvalue weighted by Crippen LogP contribution is -2.03. The SMILES string of the molecule is COCCOCc1cc(C(C)C)ccc1C. The fraction of sp³-hybridized carbons (Fsp3) is 0.571. The minimum absolute atomic E-state index is 0.568. The second-order valence-electron chi connectivity index (χ2n) is 4.39. The zero-order valence-electron chi connectivity index (χ0n) is 10.7. The first-order valence-corrected chi connectivity index (χ1v) is 5.81. The second-order valence-corrected chi connectivity index (χ2v) is 4.39. The third-order valence-corrected chi connectivity index (χ3v) is 2.73. The molecule has 1 aromatic rings. The van der Waals surface area contributed by atoms with Gasteiger partial charge in [0.15, 0.2) is 0 Å². The molecule has 0 saturated heterocycles. The van der Waals surface area contributed by atoms with E-state index in [1.807, 2.05) is 0 Å². The molecule has 0 aliphatic rings. The van der Waals surface area contributed by atoms with Gasteiger partial charge in [-0.3, -0.25) is 0 Å². The van der Waals surface area contributed by atoms with Crippen molar-refractivity contribution in [2.45, 2.75) is 33.3 Å². The molecule has 0 N–H and O–H groups in total. The lowest BCUT2D eigenvalue weighted by Gasteiger charge is -2.11. The Labute approximate surface area is 98.6 Å². The molecule has 0 aliphatic carbocycles. The summed E-state index contributed by atoms with van der Waals surface area (Å²) in [5.41, 5.74) is 3.94. The largest absolute Gasteiger partial charge is 0.382 e. The molecular weight excluding hydrogens is 200 g/mol. The van der Waals surface area contributed by atoms with Crippen molar-refractivity contribution in [2.75, 3.05) is 20.3 Å².